The molecule has 2 fully saturated rings. The van der Waals surface area contributed by atoms with Crippen LogP contribution >= 0.6 is 0 Å². The molecule has 144 valence electrons. The molecule has 2 aliphatic rings. The van der Waals surface area contributed by atoms with E-state index in [9.17, 15) is 9.90 Å². The van der Waals surface area contributed by atoms with E-state index in [1.165, 1.54) is 17.8 Å². The van der Waals surface area contributed by atoms with Crippen molar-refractivity contribution in [3.8, 4) is 5.82 Å². The van der Waals surface area contributed by atoms with Crippen molar-refractivity contribution in [2.45, 2.75) is 31.7 Å². The van der Waals surface area contributed by atoms with Gasteiger partial charge < -0.3 is 15.3 Å². The van der Waals surface area contributed by atoms with Crippen molar-refractivity contribution < 1.29 is 9.90 Å². The SMILES string of the molecule is CC1CNCCN1c1ncnc2c1c(C1CC1)cn2-c1cc(C(=O)O)ccn1. The maximum atomic E-state index is 11.4. The van der Waals surface area contributed by atoms with E-state index in [0.29, 0.717) is 17.8 Å². The maximum Gasteiger partial charge on any atom is 0.335 e. The van der Waals surface area contributed by atoms with Crippen LogP contribution in [-0.4, -0.2) is 56.3 Å². The van der Waals surface area contributed by atoms with Crippen LogP contribution in [0.4, 0.5) is 5.82 Å². The van der Waals surface area contributed by atoms with Crippen molar-refractivity contribution in [3.63, 3.8) is 0 Å². The Bertz CT molecular complexity index is 1060. The third-order valence-electron chi connectivity index (χ3n) is 5.62. The summed E-state index contributed by atoms with van der Waals surface area (Å²) in [5.41, 5.74) is 2.23. The van der Waals surface area contributed by atoms with E-state index < -0.39 is 5.97 Å². The van der Waals surface area contributed by atoms with Gasteiger partial charge in [0.15, 0.2) is 5.65 Å². The van der Waals surface area contributed by atoms with Crippen LogP contribution < -0.4 is 10.2 Å². The molecule has 0 aromatic carbocycles. The van der Waals surface area contributed by atoms with Crippen LogP contribution in [-0.2, 0) is 0 Å². The number of pyridine rings is 1. The van der Waals surface area contributed by atoms with Gasteiger partial charge in [0, 0.05) is 38.1 Å². The molecule has 2 N–H and O–H groups in total. The molecule has 0 bridgehead atoms. The van der Waals surface area contributed by atoms with Gasteiger partial charge in [-0.3, -0.25) is 4.57 Å². The Balaban J connectivity index is 1.71. The quantitative estimate of drug-likeness (QED) is 0.718. The lowest BCUT2D eigenvalue weighted by Crippen LogP contribution is -2.50. The van der Waals surface area contributed by atoms with Crippen molar-refractivity contribution in [3.05, 3.63) is 42.0 Å². The Kier molecular flexibility index (Phi) is 4.01. The van der Waals surface area contributed by atoms with Crippen LogP contribution in [0.15, 0.2) is 30.9 Å². The van der Waals surface area contributed by atoms with Gasteiger partial charge in [-0.1, -0.05) is 0 Å². The van der Waals surface area contributed by atoms with Crippen molar-refractivity contribution in [2.24, 2.45) is 0 Å². The molecular formula is C20H22N6O2. The third kappa shape index (κ3) is 2.80. The molecule has 8 heteroatoms. The molecule has 4 heterocycles. The zero-order valence-corrected chi connectivity index (χ0v) is 15.7. The lowest BCUT2D eigenvalue weighted by Gasteiger charge is -2.35. The van der Waals surface area contributed by atoms with Crippen molar-refractivity contribution in [1.82, 2.24) is 24.8 Å². The van der Waals surface area contributed by atoms with Gasteiger partial charge in [-0.05, 0) is 43.4 Å². The Labute approximate surface area is 162 Å². The molecule has 1 atom stereocenters. The van der Waals surface area contributed by atoms with E-state index in [4.69, 9.17) is 0 Å². The summed E-state index contributed by atoms with van der Waals surface area (Å²) in [5.74, 6) is 1.07. The summed E-state index contributed by atoms with van der Waals surface area (Å²) in [6.45, 7) is 4.95. The van der Waals surface area contributed by atoms with Crippen LogP contribution in [0.5, 0.6) is 0 Å². The van der Waals surface area contributed by atoms with Crippen LogP contribution in [0.1, 0.15) is 41.6 Å². The number of rotatable bonds is 4. The second kappa shape index (κ2) is 6.56. The summed E-state index contributed by atoms with van der Waals surface area (Å²) in [7, 11) is 0. The molecular weight excluding hydrogens is 356 g/mol. The number of aromatic nitrogens is 4. The molecule has 0 radical (unpaired) electrons. The number of nitrogens with zero attached hydrogens (tertiary/aromatic N) is 5. The van der Waals surface area contributed by atoms with Gasteiger partial charge in [-0.2, -0.15) is 0 Å². The Morgan fingerprint density at radius 3 is 2.89 bits per heavy atom. The number of carboxylic acid groups (broad SMARTS) is 1. The summed E-state index contributed by atoms with van der Waals surface area (Å²) in [6.07, 6.45) is 7.52. The summed E-state index contributed by atoms with van der Waals surface area (Å²) in [4.78, 5) is 27.4. The van der Waals surface area contributed by atoms with E-state index >= 15 is 0 Å². The normalized spacial score (nSPS) is 19.9. The van der Waals surface area contributed by atoms with Crippen molar-refractivity contribution in [1.29, 1.82) is 0 Å². The minimum Gasteiger partial charge on any atom is -0.478 e. The average molecular weight is 378 g/mol. The monoisotopic (exact) mass is 378 g/mol. The number of carbonyl (C=O) groups is 1. The predicted octanol–water partition coefficient (Wildman–Crippen LogP) is 2.19. The summed E-state index contributed by atoms with van der Waals surface area (Å²) >= 11 is 0. The van der Waals surface area contributed by atoms with Crippen LogP contribution in [0.2, 0.25) is 0 Å². The van der Waals surface area contributed by atoms with E-state index in [0.717, 1.165) is 49.3 Å². The molecule has 1 saturated heterocycles. The maximum absolute atomic E-state index is 11.4. The zero-order valence-electron chi connectivity index (χ0n) is 15.7. The van der Waals surface area contributed by atoms with Crippen LogP contribution in [0.25, 0.3) is 16.9 Å². The summed E-state index contributed by atoms with van der Waals surface area (Å²) < 4.78 is 1.91. The van der Waals surface area contributed by atoms with Gasteiger partial charge in [0.1, 0.15) is 18.0 Å². The lowest BCUT2D eigenvalue weighted by atomic mass is 10.1. The average Bonchev–Trinajstić information content (AvgIpc) is 3.48. The van der Waals surface area contributed by atoms with Gasteiger partial charge in [-0.25, -0.2) is 19.7 Å². The van der Waals surface area contributed by atoms with Crippen LogP contribution in [0.3, 0.4) is 0 Å². The molecule has 1 aliphatic carbocycles. The molecule has 3 aromatic rings. The molecule has 1 aliphatic heterocycles. The first kappa shape index (κ1) is 17.1. The number of fused-ring (bicyclic) bond motifs is 1. The number of anilines is 1. The molecule has 28 heavy (non-hydrogen) atoms. The first-order valence-electron chi connectivity index (χ1n) is 9.66. The highest BCUT2D eigenvalue weighted by atomic mass is 16.4. The fraction of sp³-hybridized carbons (Fsp3) is 0.400. The molecule has 0 spiro atoms. The summed E-state index contributed by atoms with van der Waals surface area (Å²) in [5, 5.41) is 13.8. The number of hydrogen-bond acceptors (Lipinski definition) is 6. The topological polar surface area (TPSA) is 96.2 Å². The molecule has 1 unspecified atom stereocenters. The molecule has 0 amide bonds. The molecule has 5 rings (SSSR count). The first-order chi connectivity index (χ1) is 13.6. The van der Waals surface area contributed by atoms with E-state index in [2.05, 4.69) is 38.3 Å². The largest absolute Gasteiger partial charge is 0.478 e. The van der Waals surface area contributed by atoms with Gasteiger partial charge >= 0.3 is 5.97 Å². The minimum atomic E-state index is -0.965. The predicted molar refractivity (Wildman–Crippen MR) is 105 cm³/mol. The number of aromatic carboxylic acids is 1. The van der Waals surface area contributed by atoms with E-state index in [1.54, 1.807) is 12.4 Å². The fourth-order valence-corrected chi connectivity index (χ4v) is 4.01. The lowest BCUT2D eigenvalue weighted by molar-refractivity contribution is 0.0696. The third-order valence-corrected chi connectivity index (χ3v) is 5.62. The number of nitrogens with one attached hydrogen (secondary N) is 1. The second-order valence-electron chi connectivity index (χ2n) is 7.58. The molecule has 1 saturated carbocycles. The highest BCUT2D eigenvalue weighted by molar-refractivity contribution is 5.93. The van der Waals surface area contributed by atoms with Gasteiger partial charge in [0.2, 0.25) is 0 Å². The Morgan fingerprint density at radius 1 is 1.29 bits per heavy atom. The second-order valence-corrected chi connectivity index (χ2v) is 7.58. The molecule has 8 nitrogen and oxygen atoms in total. The van der Waals surface area contributed by atoms with Gasteiger partial charge in [0.25, 0.3) is 0 Å². The molecule has 3 aromatic heterocycles. The van der Waals surface area contributed by atoms with Crippen molar-refractivity contribution in [2.75, 3.05) is 24.5 Å². The summed E-state index contributed by atoms with van der Waals surface area (Å²) in [6, 6.07) is 3.44. The van der Waals surface area contributed by atoms with Gasteiger partial charge in [0.05, 0.1) is 10.9 Å². The number of carboxylic acids is 1. The number of hydrogen-bond donors (Lipinski definition) is 2. The minimum absolute atomic E-state index is 0.213. The Hall–Kier alpha value is -3.00. The smallest absolute Gasteiger partial charge is 0.335 e. The van der Waals surface area contributed by atoms with Crippen LogP contribution in [0, 0.1) is 0 Å². The standard InChI is InChI=1S/C20H22N6O2/c1-12-9-21-6-7-25(12)18-17-15(13-2-3-13)10-26(19(17)24-11-23-18)16-8-14(20(27)28)4-5-22-16/h4-5,8,10-13,21H,2-3,6-7,9H2,1H3,(H,27,28). The Morgan fingerprint density at radius 2 is 2.14 bits per heavy atom. The fourth-order valence-electron chi connectivity index (χ4n) is 4.01. The zero-order chi connectivity index (χ0) is 19.3. The highest BCUT2D eigenvalue weighted by Gasteiger charge is 2.32. The first-order valence-corrected chi connectivity index (χ1v) is 9.66. The van der Waals surface area contributed by atoms with E-state index in [-0.39, 0.29) is 5.56 Å². The van der Waals surface area contributed by atoms with E-state index in [1.807, 2.05) is 4.57 Å². The van der Waals surface area contributed by atoms with Crippen molar-refractivity contribution >= 4 is 22.8 Å². The van der Waals surface area contributed by atoms with Gasteiger partial charge in [-0.15, -0.1) is 0 Å². The highest BCUT2D eigenvalue weighted by Crippen LogP contribution is 2.46. The number of piperazine rings is 1.